The van der Waals surface area contributed by atoms with Crippen LogP contribution in [0.15, 0.2) is 18.7 Å². The lowest BCUT2D eigenvalue weighted by molar-refractivity contribution is -0.140. The lowest BCUT2D eigenvalue weighted by Crippen LogP contribution is -2.40. The summed E-state index contributed by atoms with van der Waals surface area (Å²) in [6.45, 7) is 0.396. The second-order valence-corrected chi connectivity index (χ2v) is 5.44. The van der Waals surface area contributed by atoms with Gasteiger partial charge in [0.15, 0.2) is 0 Å². The Labute approximate surface area is 117 Å². The van der Waals surface area contributed by atoms with E-state index in [1.807, 2.05) is 0 Å². The van der Waals surface area contributed by atoms with Crippen LogP contribution in [0.4, 0.5) is 0 Å². The first kappa shape index (κ1) is 14.4. The Morgan fingerprint density at radius 2 is 1.85 bits per heavy atom. The van der Waals surface area contributed by atoms with Gasteiger partial charge >= 0.3 is 5.97 Å². The monoisotopic (exact) mass is 277 g/mol. The summed E-state index contributed by atoms with van der Waals surface area (Å²) in [5, 5.41) is 11.9. The molecule has 6 nitrogen and oxygen atoms in total. The van der Waals surface area contributed by atoms with Crippen molar-refractivity contribution >= 4 is 11.9 Å². The van der Waals surface area contributed by atoms with Crippen molar-refractivity contribution < 1.29 is 14.7 Å². The van der Waals surface area contributed by atoms with Gasteiger partial charge in [-0.2, -0.15) is 0 Å². The van der Waals surface area contributed by atoms with Crippen LogP contribution in [0.3, 0.4) is 0 Å². The predicted molar refractivity (Wildman–Crippen MR) is 72.1 cm³/mol. The van der Waals surface area contributed by atoms with Crippen molar-refractivity contribution in [3.8, 4) is 0 Å². The average molecular weight is 277 g/mol. The third-order valence-corrected chi connectivity index (χ3v) is 3.89. The topological polar surface area (TPSA) is 92.2 Å². The van der Waals surface area contributed by atoms with E-state index in [1.165, 1.54) is 18.7 Å². The van der Waals surface area contributed by atoms with E-state index in [2.05, 4.69) is 15.3 Å². The maximum absolute atomic E-state index is 12.0. The Morgan fingerprint density at radius 1 is 1.20 bits per heavy atom. The molecule has 2 rings (SSSR count). The van der Waals surface area contributed by atoms with Crippen molar-refractivity contribution in [3.05, 3.63) is 24.3 Å². The summed E-state index contributed by atoms with van der Waals surface area (Å²) in [6.07, 6.45) is 9.27. The van der Waals surface area contributed by atoms with Crippen LogP contribution in [0.5, 0.6) is 0 Å². The quantitative estimate of drug-likeness (QED) is 0.853. The Morgan fingerprint density at radius 3 is 2.45 bits per heavy atom. The summed E-state index contributed by atoms with van der Waals surface area (Å²) in [5.41, 5.74) is 0.0869. The molecule has 0 aromatic carbocycles. The zero-order valence-corrected chi connectivity index (χ0v) is 11.3. The molecule has 1 heterocycles. The summed E-state index contributed by atoms with van der Waals surface area (Å²) in [4.78, 5) is 30.6. The number of amides is 1. The third kappa shape index (κ3) is 3.76. The minimum atomic E-state index is -0.802. The van der Waals surface area contributed by atoms with Crippen LogP contribution in [0, 0.1) is 5.41 Å². The van der Waals surface area contributed by atoms with Crippen LogP contribution < -0.4 is 5.32 Å². The first-order valence-electron chi connectivity index (χ1n) is 6.86. The molecule has 20 heavy (non-hydrogen) atoms. The molecule has 1 amide bonds. The van der Waals surface area contributed by atoms with Gasteiger partial charge in [0.1, 0.15) is 6.33 Å². The molecule has 0 atom stereocenters. The van der Waals surface area contributed by atoms with Gasteiger partial charge in [-0.1, -0.05) is 19.3 Å². The number of nitrogens with zero attached hydrogens (tertiary/aromatic N) is 2. The molecule has 0 spiro atoms. The number of hydrogen-bond donors (Lipinski definition) is 2. The normalized spacial score (nSPS) is 17.4. The van der Waals surface area contributed by atoms with Crippen molar-refractivity contribution in [3.63, 3.8) is 0 Å². The molecule has 0 bridgehead atoms. The van der Waals surface area contributed by atoms with Crippen LogP contribution in [-0.2, 0) is 4.79 Å². The first-order chi connectivity index (χ1) is 9.61. The van der Waals surface area contributed by atoms with E-state index in [0.29, 0.717) is 12.1 Å². The smallest absolute Gasteiger partial charge is 0.303 e. The van der Waals surface area contributed by atoms with E-state index in [0.717, 1.165) is 32.1 Å². The minimum absolute atomic E-state index is 0.110. The zero-order valence-electron chi connectivity index (χ0n) is 11.3. The second kappa shape index (κ2) is 6.45. The van der Waals surface area contributed by atoms with E-state index in [9.17, 15) is 9.59 Å². The fraction of sp³-hybridized carbons (Fsp3) is 0.571. The molecule has 2 N–H and O–H groups in total. The fourth-order valence-electron chi connectivity index (χ4n) is 2.82. The van der Waals surface area contributed by atoms with E-state index in [4.69, 9.17) is 5.11 Å². The SMILES string of the molecule is O=C(O)CC1(CNC(=O)c2cncnc2)CCCCC1. The summed E-state index contributed by atoms with van der Waals surface area (Å²) in [5.74, 6) is -1.05. The highest BCUT2D eigenvalue weighted by Crippen LogP contribution is 2.38. The van der Waals surface area contributed by atoms with Crippen LogP contribution >= 0.6 is 0 Å². The highest BCUT2D eigenvalue weighted by atomic mass is 16.4. The van der Waals surface area contributed by atoms with Gasteiger partial charge in [0.25, 0.3) is 5.91 Å². The van der Waals surface area contributed by atoms with Gasteiger partial charge in [0.2, 0.25) is 0 Å². The second-order valence-electron chi connectivity index (χ2n) is 5.44. The van der Waals surface area contributed by atoms with Crippen LogP contribution in [0.2, 0.25) is 0 Å². The maximum atomic E-state index is 12.0. The molecule has 0 aliphatic heterocycles. The standard InChI is InChI=1S/C14H19N3O3/c18-12(19)6-14(4-2-1-3-5-14)9-17-13(20)11-7-15-10-16-8-11/h7-8,10H,1-6,9H2,(H,17,20)(H,18,19). The molecule has 1 aliphatic carbocycles. The van der Waals surface area contributed by atoms with Crippen molar-refractivity contribution in [2.45, 2.75) is 38.5 Å². The molecule has 1 aromatic heterocycles. The zero-order chi connectivity index (χ0) is 14.4. The highest BCUT2D eigenvalue weighted by molar-refractivity contribution is 5.93. The Hall–Kier alpha value is -1.98. The molecular formula is C14H19N3O3. The molecule has 6 heteroatoms. The Balaban J connectivity index is 1.98. The molecule has 1 saturated carbocycles. The molecule has 0 saturated heterocycles. The molecule has 0 radical (unpaired) electrons. The van der Waals surface area contributed by atoms with Gasteiger partial charge in [-0.25, -0.2) is 9.97 Å². The minimum Gasteiger partial charge on any atom is -0.481 e. The van der Waals surface area contributed by atoms with Crippen molar-refractivity contribution in [1.29, 1.82) is 0 Å². The lowest BCUT2D eigenvalue weighted by Gasteiger charge is -2.36. The molecular weight excluding hydrogens is 258 g/mol. The summed E-state index contributed by atoms with van der Waals surface area (Å²) >= 11 is 0. The summed E-state index contributed by atoms with van der Waals surface area (Å²) < 4.78 is 0. The molecule has 108 valence electrons. The van der Waals surface area contributed by atoms with Gasteiger partial charge in [-0.05, 0) is 18.3 Å². The van der Waals surface area contributed by atoms with E-state index in [1.54, 1.807) is 0 Å². The number of carbonyl (C=O) groups is 2. The predicted octanol–water partition coefficient (Wildman–Crippen LogP) is 1.63. The number of carboxylic acid groups (broad SMARTS) is 1. The van der Waals surface area contributed by atoms with E-state index in [-0.39, 0.29) is 17.7 Å². The highest BCUT2D eigenvalue weighted by Gasteiger charge is 2.34. The van der Waals surface area contributed by atoms with Crippen LogP contribution in [0.25, 0.3) is 0 Å². The number of rotatable bonds is 5. The van der Waals surface area contributed by atoms with Crippen molar-refractivity contribution in [1.82, 2.24) is 15.3 Å². The summed E-state index contributed by atoms with van der Waals surface area (Å²) in [6, 6.07) is 0. The number of hydrogen-bond acceptors (Lipinski definition) is 4. The Bertz CT molecular complexity index is 470. The van der Waals surface area contributed by atoms with Crippen LogP contribution in [0.1, 0.15) is 48.9 Å². The van der Waals surface area contributed by atoms with Gasteiger partial charge in [0, 0.05) is 18.9 Å². The number of carbonyl (C=O) groups excluding carboxylic acids is 1. The Kier molecular flexibility index (Phi) is 4.65. The van der Waals surface area contributed by atoms with Gasteiger partial charge in [0.05, 0.1) is 12.0 Å². The van der Waals surface area contributed by atoms with Crippen molar-refractivity contribution in [2.24, 2.45) is 5.41 Å². The third-order valence-electron chi connectivity index (χ3n) is 3.89. The largest absolute Gasteiger partial charge is 0.481 e. The van der Waals surface area contributed by atoms with E-state index >= 15 is 0 Å². The lowest BCUT2D eigenvalue weighted by atomic mass is 9.71. The average Bonchev–Trinajstić information content (AvgIpc) is 2.46. The summed E-state index contributed by atoms with van der Waals surface area (Å²) in [7, 11) is 0. The molecule has 1 fully saturated rings. The number of aromatic nitrogens is 2. The number of carboxylic acids is 1. The molecule has 1 aromatic rings. The molecule has 1 aliphatic rings. The van der Waals surface area contributed by atoms with Gasteiger partial charge < -0.3 is 10.4 Å². The first-order valence-corrected chi connectivity index (χ1v) is 6.86. The van der Waals surface area contributed by atoms with E-state index < -0.39 is 5.97 Å². The van der Waals surface area contributed by atoms with Gasteiger partial charge in [-0.15, -0.1) is 0 Å². The number of aliphatic carboxylic acids is 1. The van der Waals surface area contributed by atoms with Gasteiger partial charge in [-0.3, -0.25) is 9.59 Å². The van der Waals surface area contributed by atoms with Crippen molar-refractivity contribution in [2.75, 3.05) is 6.54 Å². The molecule has 0 unspecified atom stereocenters. The fourth-order valence-corrected chi connectivity index (χ4v) is 2.82. The van der Waals surface area contributed by atoms with Crippen LogP contribution in [-0.4, -0.2) is 33.5 Å². The number of nitrogens with one attached hydrogen (secondary N) is 1. The maximum Gasteiger partial charge on any atom is 0.303 e.